The summed E-state index contributed by atoms with van der Waals surface area (Å²) < 4.78 is 13.3. The lowest BCUT2D eigenvalue weighted by Crippen LogP contribution is -2.50. The van der Waals surface area contributed by atoms with Gasteiger partial charge in [0.15, 0.2) is 0 Å². The topological polar surface area (TPSA) is 49.4 Å². The molecule has 0 heterocycles. The number of carbonyl (C=O) groups excluding carboxylic acids is 2. The van der Waals surface area contributed by atoms with Crippen molar-refractivity contribution in [3.8, 4) is 0 Å². The van der Waals surface area contributed by atoms with Crippen LogP contribution in [0.5, 0.6) is 0 Å². The van der Waals surface area contributed by atoms with Crippen LogP contribution in [-0.4, -0.2) is 28.8 Å². The molecule has 5 heteroatoms. The third kappa shape index (κ3) is 7.50. The van der Waals surface area contributed by atoms with Crippen LogP contribution in [0.25, 0.3) is 0 Å². The van der Waals surface area contributed by atoms with Gasteiger partial charge in [0, 0.05) is 19.0 Å². The summed E-state index contributed by atoms with van der Waals surface area (Å²) in [6.07, 6.45) is 3.25. The van der Waals surface area contributed by atoms with Crippen molar-refractivity contribution < 1.29 is 14.0 Å². The van der Waals surface area contributed by atoms with E-state index in [4.69, 9.17) is 0 Å². The van der Waals surface area contributed by atoms with E-state index in [-0.39, 0.29) is 30.2 Å². The first-order valence-corrected chi connectivity index (χ1v) is 11.3. The predicted octanol–water partition coefficient (Wildman–Crippen LogP) is 5.04. The van der Waals surface area contributed by atoms with Crippen molar-refractivity contribution in [3.63, 3.8) is 0 Å². The van der Waals surface area contributed by atoms with Crippen molar-refractivity contribution in [2.24, 2.45) is 0 Å². The Morgan fingerprint density at radius 3 is 2.03 bits per heavy atom. The van der Waals surface area contributed by atoms with E-state index in [0.717, 1.165) is 24.0 Å². The van der Waals surface area contributed by atoms with Crippen LogP contribution in [0.1, 0.15) is 63.6 Å². The van der Waals surface area contributed by atoms with Gasteiger partial charge in [-0.2, -0.15) is 0 Å². The van der Waals surface area contributed by atoms with Crippen LogP contribution in [0.3, 0.4) is 0 Å². The second kappa shape index (κ2) is 12.2. The third-order valence-corrected chi connectivity index (χ3v) is 5.71. The predicted molar refractivity (Wildman–Crippen MR) is 123 cm³/mol. The van der Waals surface area contributed by atoms with Crippen molar-refractivity contribution >= 4 is 11.8 Å². The summed E-state index contributed by atoms with van der Waals surface area (Å²) >= 11 is 0. The van der Waals surface area contributed by atoms with Crippen molar-refractivity contribution in [3.05, 3.63) is 71.0 Å². The number of nitrogens with one attached hydrogen (secondary N) is 1. The Morgan fingerprint density at radius 1 is 0.903 bits per heavy atom. The van der Waals surface area contributed by atoms with Crippen LogP contribution in [0.4, 0.5) is 4.39 Å². The van der Waals surface area contributed by atoms with Crippen LogP contribution in [0.15, 0.2) is 48.5 Å². The maximum absolute atomic E-state index is 13.3. The van der Waals surface area contributed by atoms with Crippen molar-refractivity contribution in [1.29, 1.82) is 0 Å². The molecule has 4 nitrogen and oxygen atoms in total. The Kier molecular flexibility index (Phi) is 9.70. The van der Waals surface area contributed by atoms with Gasteiger partial charge in [-0.1, -0.05) is 57.2 Å². The Hall–Kier alpha value is -2.69. The Labute approximate surface area is 185 Å². The number of amides is 2. The van der Waals surface area contributed by atoms with Crippen molar-refractivity contribution in [1.82, 2.24) is 10.2 Å². The van der Waals surface area contributed by atoms with Gasteiger partial charge in [0.05, 0.1) is 0 Å². The quantitative estimate of drug-likeness (QED) is 0.547. The van der Waals surface area contributed by atoms with Gasteiger partial charge in [-0.25, -0.2) is 4.39 Å². The van der Waals surface area contributed by atoms with E-state index >= 15 is 0 Å². The molecular formula is C26H35FN2O2. The zero-order valence-electron chi connectivity index (χ0n) is 19.2. The summed E-state index contributed by atoms with van der Waals surface area (Å²) in [5.74, 6) is -0.534. The van der Waals surface area contributed by atoms with E-state index < -0.39 is 6.04 Å². The molecule has 31 heavy (non-hydrogen) atoms. The Bertz CT molecular complexity index is 833. The lowest BCUT2D eigenvalue weighted by Gasteiger charge is -2.31. The highest BCUT2D eigenvalue weighted by molar-refractivity contribution is 5.87. The van der Waals surface area contributed by atoms with Crippen molar-refractivity contribution in [2.45, 2.75) is 78.4 Å². The van der Waals surface area contributed by atoms with Crippen LogP contribution >= 0.6 is 0 Å². The fraction of sp³-hybridized carbons (Fsp3) is 0.462. The van der Waals surface area contributed by atoms with Crippen molar-refractivity contribution in [2.75, 3.05) is 0 Å². The van der Waals surface area contributed by atoms with E-state index in [0.29, 0.717) is 19.3 Å². The first-order valence-electron chi connectivity index (χ1n) is 11.3. The molecule has 0 saturated carbocycles. The molecule has 0 bridgehead atoms. The molecule has 2 amide bonds. The summed E-state index contributed by atoms with van der Waals surface area (Å²) in [6.45, 7) is 8.27. The first kappa shape index (κ1) is 24.6. The van der Waals surface area contributed by atoms with Crippen LogP contribution in [0.2, 0.25) is 0 Å². The van der Waals surface area contributed by atoms with Crippen LogP contribution < -0.4 is 5.32 Å². The highest BCUT2D eigenvalue weighted by Gasteiger charge is 2.29. The molecule has 0 aliphatic carbocycles. The van der Waals surface area contributed by atoms with Gasteiger partial charge in [-0.05, 0) is 61.4 Å². The number of aryl methyl sites for hydroxylation is 2. The van der Waals surface area contributed by atoms with E-state index in [1.165, 1.54) is 17.7 Å². The van der Waals surface area contributed by atoms with E-state index in [9.17, 15) is 14.0 Å². The molecule has 1 N–H and O–H groups in total. The third-order valence-electron chi connectivity index (χ3n) is 5.71. The van der Waals surface area contributed by atoms with Gasteiger partial charge in [-0.3, -0.25) is 9.59 Å². The molecule has 2 atom stereocenters. The molecular weight excluding hydrogens is 391 g/mol. The minimum Gasteiger partial charge on any atom is -0.352 e. The standard InChI is InChI=1S/C26H35FN2O2/c1-5-19(4)28-26(31)24(7-3)29(18-22-12-15-23(27)16-13-22)25(30)17-14-21-10-8-20(6-2)9-11-21/h8-13,15-16,19,24H,5-7,14,17-18H2,1-4H3,(H,28,31)/t19-,24+/m0/s1. The molecule has 2 aromatic carbocycles. The Morgan fingerprint density at radius 2 is 1.48 bits per heavy atom. The largest absolute Gasteiger partial charge is 0.352 e. The number of halogens is 1. The fourth-order valence-electron chi connectivity index (χ4n) is 3.48. The lowest BCUT2D eigenvalue weighted by atomic mass is 10.0. The highest BCUT2D eigenvalue weighted by Crippen LogP contribution is 2.16. The maximum atomic E-state index is 13.3. The number of rotatable bonds is 11. The molecule has 0 aromatic heterocycles. The summed E-state index contributed by atoms with van der Waals surface area (Å²) in [4.78, 5) is 27.8. The normalized spacial score (nSPS) is 12.8. The number of hydrogen-bond donors (Lipinski definition) is 1. The second-order valence-electron chi connectivity index (χ2n) is 8.06. The SMILES string of the molecule is CCc1ccc(CCC(=O)N(Cc2ccc(F)cc2)[C@H](CC)C(=O)N[C@@H](C)CC)cc1. The zero-order chi connectivity index (χ0) is 22.8. The number of carbonyl (C=O) groups is 2. The van der Waals surface area contributed by atoms with Crippen LogP contribution in [0, 0.1) is 5.82 Å². The molecule has 0 aliphatic rings. The van der Waals surface area contributed by atoms with Gasteiger partial charge in [0.1, 0.15) is 11.9 Å². The molecule has 0 saturated heterocycles. The molecule has 2 rings (SSSR count). The number of nitrogens with zero attached hydrogens (tertiary/aromatic N) is 1. The molecule has 0 fully saturated rings. The smallest absolute Gasteiger partial charge is 0.243 e. The molecule has 0 radical (unpaired) electrons. The minimum absolute atomic E-state index is 0.0430. The van der Waals surface area contributed by atoms with E-state index in [2.05, 4.69) is 36.5 Å². The summed E-state index contributed by atoms with van der Waals surface area (Å²) in [6, 6.07) is 13.9. The maximum Gasteiger partial charge on any atom is 0.243 e. The van der Waals surface area contributed by atoms with Gasteiger partial charge in [-0.15, -0.1) is 0 Å². The summed E-state index contributed by atoms with van der Waals surface area (Å²) in [5, 5.41) is 3.00. The van der Waals surface area contributed by atoms with Crippen LogP contribution in [-0.2, 0) is 29.0 Å². The van der Waals surface area contributed by atoms with Gasteiger partial charge in [0.2, 0.25) is 11.8 Å². The average molecular weight is 427 g/mol. The van der Waals surface area contributed by atoms with E-state index in [1.54, 1.807) is 17.0 Å². The number of benzene rings is 2. The van der Waals surface area contributed by atoms with Gasteiger partial charge >= 0.3 is 0 Å². The van der Waals surface area contributed by atoms with Gasteiger partial charge < -0.3 is 10.2 Å². The molecule has 2 aromatic rings. The molecule has 0 unspecified atom stereocenters. The monoisotopic (exact) mass is 426 g/mol. The highest BCUT2D eigenvalue weighted by atomic mass is 19.1. The van der Waals surface area contributed by atoms with Gasteiger partial charge in [0.25, 0.3) is 0 Å². The lowest BCUT2D eigenvalue weighted by molar-refractivity contribution is -0.141. The zero-order valence-corrected chi connectivity index (χ0v) is 19.2. The molecule has 168 valence electrons. The Balaban J connectivity index is 2.18. The summed E-state index contributed by atoms with van der Waals surface area (Å²) in [5.41, 5.74) is 3.17. The first-order chi connectivity index (χ1) is 14.9. The fourth-order valence-corrected chi connectivity index (χ4v) is 3.48. The van der Waals surface area contributed by atoms with E-state index in [1.807, 2.05) is 20.8 Å². The number of hydrogen-bond acceptors (Lipinski definition) is 2. The summed E-state index contributed by atoms with van der Waals surface area (Å²) in [7, 11) is 0. The second-order valence-corrected chi connectivity index (χ2v) is 8.06. The molecule has 0 spiro atoms. The molecule has 0 aliphatic heterocycles. The average Bonchev–Trinajstić information content (AvgIpc) is 2.78. The minimum atomic E-state index is -0.561.